The average Bonchev–Trinajstić information content (AvgIpc) is 2.73. The van der Waals surface area contributed by atoms with Crippen molar-refractivity contribution in [2.45, 2.75) is 25.9 Å². The Bertz CT molecular complexity index is 823. The fourth-order valence-corrected chi connectivity index (χ4v) is 3.52. The summed E-state index contributed by atoms with van der Waals surface area (Å²) in [5, 5.41) is 13.3. The largest absolute Gasteiger partial charge is 0.394 e. The van der Waals surface area contributed by atoms with Crippen LogP contribution in [0.2, 0.25) is 0 Å². The highest BCUT2D eigenvalue weighted by atomic mass is 16.3. The molecular weight excluding hydrogens is 342 g/mol. The van der Waals surface area contributed by atoms with Gasteiger partial charge in [0.15, 0.2) is 0 Å². The van der Waals surface area contributed by atoms with Crippen molar-refractivity contribution in [1.29, 1.82) is 0 Å². The number of nitrogens with zero attached hydrogens (tertiary/aromatic N) is 6. The van der Waals surface area contributed by atoms with E-state index in [9.17, 15) is 5.11 Å². The number of anilines is 2. The van der Waals surface area contributed by atoms with E-state index < -0.39 is 0 Å². The number of aliphatic hydroxyl groups excluding tert-OH is 1. The number of hydrogen-bond acceptors (Lipinski definition) is 8. The van der Waals surface area contributed by atoms with Crippen molar-refractivity contribution in [2.24, 2.45) is 0 Å². The van der Waals surface area contributed by atoms with Gasteiger partial charge in [-0.05, 0) is 12.5 Å². The molecule has 0 spiro atoms. The monoisotopic (exact) mass is 367 g/mol. The molecular formula is C19H25N7O. The first-order valence-corrected chi connectivity index (χ1v) is 9.31. The molecule has 0 amide bonds. The van der Waals surface area contributed by atoms with Crippen LogP contribution >= 0.6 is 0 Å². The van der Waals surface area contributed by atoms with E-state index in [1.54, 1.807) is 12.4 Å². The van der Waals surface area contributed by atoms with Gasteiger partial charge in [0.1, 0.15) is 0 Å². The molecule has 2 aliphatic heterocycles. The van der Waals surface area contributed by atoms with Gasteiger partial charge in [-0.3, -0.25) is 0 Å². The third-order valence-corrected chi connectivity index (χ3v) is 5.16. The number of aliphatic hydroxyl groups is 1. The van der Waals surface area contributed by atoms with Crippen LogP contribution in [0.4, 0.5) is 11.9 Å². The second-order valence-electron chi connectivity index (χ2n) is 7.10. The molecule has 8 nitrogen and oxygen atoms in total. The van der Waals surface area contributed by atoms with Gasteiger partial charge in [-0.1, -0.05) is 6.58 Å². The van der Waals surface area contributed by atoms with Gasteiger partial charge < -0.3 is 20.2 Å². The zero-order valence-corrected chi connectivity index (χ0v) is 15.6. The molecule has 27 heavy (non-hydrogen) atoms. The van der Waals surface area contributed by atoms with Crippen LogP contribution in [0.5, 0.6) is 0 Å². The van der Waals surface area contributed by atoms with E-state index in [2.05, 4.69) is 36.6 Å². The molecule has 0 unspecified atom stereocenters. The molecule has 2 aliphatic rings. The molecule has 2 aromatic rings. The van der Waals surface area contributed by atoms with E-state index in [1.807, 2.05) is 13.1 Å². The molecule has 0 radical (unpaired) electrons. The topological polar surface area (TPSA) is 90.3 Å². The van der Waals surface area contributed by atoms with Gasteiger partial charge in [0.2, 0.25) is 11.9 Å². The van der Waals surface area contributed by atoms with Crippen molar-refractivity contribution in [3.05, 3.63) is 42.0 Å². The molecule has 1 fully saturated rings. The minimum atomic E-state index is -0.101. The first-order valence-electron chi connectivity index (χ1n) is 9.31. The standard InChI is InChI=1S/C19H25N7O/c1-13(2)14-8-21-18(22-9-14)26-6-5-25(11-16(26)12-27)19-23-10-15-7-20-4-3-17(15)24-19/h8-10,16,20,27H,1,3-7,11-12H2,2H3/t16-/m1/s1. The second kappa shape index (κ2) is 7.58. The van der Waals surface area contributed by atoms with Crippen molar-refractivity contribution in [3.63, 3.8) is 0 Å². The lowest BCUT2D eigenvalue weighted by Crippen LogP contribution is -2.56. The van der Waals surface area contributed by atoms with Gasteiger partial charge in [0.25, 0.3) is 0 Å². The second-order valence-corrected chi connectivity index (χ2v) is 7.10. The van der Waals surface area contributed by atoms with E-state index in [-0.39, 0.29) is 12.6 Å². The summed E-state index contributed by atoms with van der Waals surface area (Å²) in [7, 11) is 0. The molecule has 1 saturated heterocycles. The Hall–Kier alpha value is -2.58. The zero-order chi connectivity index (χ0) is 18.8. The quantitative estimate of drug-likeness (QED) is 0.813. The molecule has 0 aliphatic carbocycles. The first-order chi connectivity index (χ1) is 13.2. The minimum Gasteiger partial charge on any atom is -0.394 e. The van der Waals surface area contributed by atoms with Crippen LogP contribution in [0, 0.1) is 0 Å². The fourth-order valence-electron chi connectivity index (χ4n) is 3.52. The Morgan fingerprint density at radius 3 is 2.74 bits per heavy atom. The molecule has 0 aromatic carbocycles. The molecule has 8 heteroatoms. The van der Waals surface area contributed by atoms with Crippen molar-refractivity contribution in [1.82, 2.24) is 25.3 Å². The number of rotatable bonds is 4. The van der Waals surface area contributed by atoms with Crippen molar-refractivity contribution in [3.8, 4) is 0 Å². The third kappa shape index (κ3) is 3.63. The summed E-state index contributed by atoms with van der Waals surface area (Å²) in [4.78, 5) is 22.4. The SMILES string of the molecule is C=C(C)c1cnc(N2CCN(c3ncc4c(n3)CCNC4)C[C@@H]2CO)nc1. The minimum absolute atomic E-state index is 0.0248. The Kier molecular flexibility index (Phi) is 5.00. The highest BCUT2D eigenvalue weighted by Gasteiger charge is 2.30. The Morgan fingerprint density at radius 1 is 1.22 bits per heavy atom. The lowest BCUT2D eigenvalue weighted by Gasteiger charge is -2.40. The third-order valence-electron chi connectivity index (χ3n) is 5.16. The van der Waals surface area contributed by atoms with Crippen LogP contribution in [0.3, 0.4) is 0 Å². The van der Waals surface area contributed by atoms with Crippen molar-refractivity contribution in [2.75, 3.05) is 42.6 Å². The molecule has 0 bridgehead atoms. The molecule has 4 rings (SSSR count). The Morgan fingerprint density at radius 2 is 2.00 bits per heavy atom. The van der Waals surface area contributed by atoms with Crippen LogP contribution in [0.25, 0.3) is 5.57 Å². The maximum Gasteiger partial charge on any atom is 0.225 e. The Labute approximate surface area is 159 Å². The summed E-state index contributed by atoms with van der Waals surface area (Å²) in [5.74, 6) is 1.38. The molecule has 1 atom stereocenters. The summed E-state index contributed by atoms with van der Waals surface area (Å²) in [6, 6.07) is -0.101. The van der Waals surface area contributed by atoms with E-state index >= 15 is 0 Å². The molecule has 142 valence electrons. The smallest absolute Gasteiger partial charge is 0.225 e. The summed E-state index contributed by atoms with van der Waals surface area (Å²) < 4.78 is 0. The van der Waals surface area contributed by atoms with Gasteiger partial charge in [-0.15, -0.1) is 0 Å². The number of hydrogen-bond donors (Lipinski definition) is 2. The van der Waals surface area contributed by atoms with Crippen molar-refractivity contribution < 1.29 is 5.11 Å². The highest BCUT2D eigenvalue weighted by Crippen LogP contribution is 2.21. The van der Waals surface area contributed by atoms with Crippen LogP contribution in [-0.4, -0.2) is 63.9 Å². The molecule has 0 saturated carbocycles. The maximum atomic E-state index is 9.94. The summed E-state index contributed by atoms with van der Waals surface area (Å²) in [6.07, 6.45) is 6.42. The van der Waals surface area contributed by atoms with E-state index in [0.717, 1.165) is 48.8 Å². The van der Waals surface area contributed by atoms with Crippen LogP contribution in [0.1, 0.15) is 23.7 Å². The number of piperazine rings is 1. The maximum absolute atomic E-state index is 9.94. The average molecular weight is 367 g/mol. The molecule has 2 N–H and O–H groups in total. The number of fused-ring (bicyclic) bond motifs is 1. The van der Waals surface area contributed by atoms with Gasteiger partial charge in [0, 0.05) is 68.9 Å². The van der Waals surface area contributed by atoms with Gasteiger partial charge >= 0.3 is 0 Å². The molecule has 2 aromatic heterocycles. The Balaban J connectivity index is 1.50. The number of allylic oxidation sites excluding steroid dienone is 1. The van der Waals surface area contributed by atoms with Crippen LogP contribution in [-0.2, 0) is 13.0 Å². The number of aromatic nitrogens is 4. The van der Waals surface area contributed by atoms with Gasteiger partial charge in [-0.25, -0.2) is 19.9 Å². The van der Waals surface area contributed by atoms with Gasteiger partial charge in [-0.2, -0.15) is 0 Å². The summed E-state index contributed by atoms with van der Waals surface area (Å²) in [6.45, 7) is 9.77. The van der Waals surface area contributed by atoms with E-state index in [4.69, 9.17) is 4.98 Å². The predicted molar refractivity (Wildman–Crippen MR) is 105 cm³/mol. The van der Waals surface area contributed by atoms with E-state index in [1.165, 1.54) is 5.56 Å². The normalized spacial score (nSPS) is 19.7. The first kappa shape index (κ1) is 17.8. The lowest BCUT2D eigenvalue weighted by molar-refractivity contribution is 0.251. The molecule has 4 heterocycles. The van der Waals surface area contributed by atoms with Crippen molar-refractivity contribution >= 4 is 17.5 Å². The highest BCUT2D eigenvalue weighted by molar-refractivity contribution is 5.60. The summed E-state index contributed by atoms with van der Waals surface area (Å²) in [5.41, 5.74) is 4.16. The lowest BCUT2D eigenvalue weighted by atomic mass is 10.1. The van der Waals surface area contributed by atoms with Crippen LogP contribution < -0.4 is 15.1 Å². The van der Waals surface area contributed by atoms with Gasteiger partial charge in [0.05, 0.1) is 18.3 Å². The fraction of sp³-hybridized carbons (Fsp3) is 0.474. The summed E-state index contributed by atoms with van der Waals surface area (Å²) >= 11 is 0. The predicted octanol–water partition coefficient (Wildman–Crippen LogP) is 0.633. The van der Waals surface area contributed by atoms with Crippen LogP contribution in [0.15, 0.2) is 25.2 Å². The zero-order valence-electron chi connectivity index (χ0n) is 15.6. The van der Waals surface area contributed by atoms with E-state index in [0.29, 0.717) is 19.0 Å². The number of nitrogens with one attached hydrogen (secondary N) is 1.